The van der Waals surface area contributed by atoms with Crippen molar-refractivity contribution in [3.05, 3.63) is 231 Å². The van der Waals surface area contributed by atoms with E-state index in [4.69, 9.17) is 4.98 Å². The van der Waals surface area contributed by atoms with Gasteiger partial charge in [-0.05, 0) is 127 Å². The van der Waals surface area contributed by atoms with Gasteiger partial charge in [0.15, 0.2) is 0 Å². The van der Waals surface area contributed by atoms with Crippen molar-refractivity contribution in [1.82, 2.24) is 19.9 Å². The fourth-order valence-corrected chi connectivity index (χ4v) is 8.00. The third-order valence-corrected chi connectivity index (χ3v) is 11.0. The Labute approximate surface area is 350 Å². The van der Waals surface area contributed by atoms with E-state index in [-0.39, 0.29) is 0 Å². The van der Waals surface area contributed by atoms with Gasteiger partial charge in [0.2, 0.25) is 0 Å². The molecule has 4 heterocycles. The van der Waals surface area contributed by atoms with Gasteiger partial charge in [-0.25, -0.2) is 0 Å². The molecule has 0 radical (unpaired) electrons. The van der Waals surface area contributed by atoms with Gasteiger partial charge in [0.05, 0.1) is 17.1 Å². The van der Waals surface area contributed by atoms with Crippen LogP contribution in [0.25, 0.3) is 101 Å². The smallest absolute Gasteiger partial charge is 0.0886 e. The normalized spacial score (nSPS) is 11.0. The second-order valence-corrected chi connectivity index (χ2v) is 14.7. The molecule has 0 aliphatic heterocycles. The summed E-state index contributed by atoms with van der Waals surface area (Å²) in [6, 6.07) is 70.8. The maximum atomic E-state index is 4.86. The standard InChI is InChI=1S/C56H38N4/c1-4-16-51(48(13-1)40-23-21-39(22-24-40)43-12-11-31-57-37-43)45-34-46(52-17-5-2-14-49(52)41-25-27-42(28-26-41)54-19-7-9-32-58-54)36-47(35-45)53-18-6-3-15-50(53)44-29-30-56(60-38-44)55-20-8-10-33-59-55/h1-38H. The van der Waals surface area contributed by atoms with Crippen LogP contribution in [0.2, 0.25) is 0 Å². The molecular formula is C56H38N4. The number of pyridine rings is 4. The SMILES string of the molecule is c1ccc(-c2ccc(-c3ccccc3-c3cc(-c4ccccc4-c4ccc(-c5cccnc5)cc4)cc(-c4ccccc4-c4ccc(-c5ccccn5)nc4)c3)cc2)nc1. The summed E-state index contributed by atoms with van der Waals surface area (Å²) in [6.07, 6.45) is 9.32. The predicted molar refractivity (Wildman–Crippen MR) is 247 cm³/mol. The van der Waals surface area contributed by atoms with E-state index in [1.165, 1.54) is 5.56 Å². The summed E-state index contributed by atoms with van der Waals surface area (Å²) in [6.45, 7) is 0. The van der Waals surface area contributed by atoms with Gasteiger partial charge >= 0.3 is 0 Å². The molecule has 0 N–H and O–H groups in total. The first-order valence-corrected chi connectivity index (χ1v) is 20.1. The molecule has 0 bridgehead atoms. The van der Waals surface area contributed by atoms with Gasteiger partial charge in [-0.3, -0.25) is 19.9 Å². The molecule has 0 atom stereocenters. The lowest BCUT2D eigenvalue weighted by Crippen LogP contribution is -1.93. The molecule has 0 saturated carbocycles. The first-order valence-electron chi connectivity index (χ1n) is 20.1. The van der Waals surface area contributed by atoms with E-state index < -0.39 is 0 Å². The van der Waals surface area contributed by atoms with E-state index in [0.29, 0.717) is 0 Å². The summed E-state index contributed by atoms with van der Waals surface area (Å²) in [7, 11) is 0. The molecule has 0 spiro atoms. The Balaban J connectivity index is 1.12. The second-order valence-electron chi connectivity index (χ2n) is 14.7. The maximum Gasteiger partial charge on any atom is 0.0886 e. The molecule has 4 nitrogen and oxygen atoms in total. The van der Waals surface area contributed by atoms with Gasteiger partial charge < -0.3 is 0 Å². The number of aromatic nitrogens is 4. The molecule has 6 aromatic carbocycles. The van der Waals surface area contributed by atoms with Crippen molar-refractivity contribution >= 4 is 0 Å². The van der Waals surface area contributed by atoms with Gasteiger partial charge in [-0.2, -0.15) is 0 Å². The second kappa shape index (κ2) is 16.4. The molecule has 0 fully saturated rings. The summed E-state index contributed by atoms with van der Waals surface area (Å²) in [4.78, 5) is 18.3. The average Bonchev–Trinajstić information content (AvgIpc) is 3.35. The first kappa shape index (κ1) is 36.3. The zero-order chi connectivity index (χ0) is 40.1. The largest absolute Gasteiger partial charge is 0.264 e. The van der Waals surface area contributed by atoms with Crippen molar-refractivity contribution in [2.24, 2.45) is 0 Å². The highest BCUT2D eigenvalue weighted by Gasteiger charge is 2.17. The van der Waals surface area contributed by atoms with Gasteiger partial charge in [-0.1, -0.05) is 146 Å². The van der Waals surface area contributed by atoms with Crippen molar-refractivity contribution in [3.63, 3.8) is 0 Å². The van der Waals surface area contributed by atoms with Crippen LogP contribution in [0, 0.1) is 0 Å². The topological polar surface area (TPSA) is 51.6 Å². The predicted octanol–water partition coefficient (Wildman–Crippen LogP) is 14.3. The van der Waals surface area contributed by atoms with Crippen LogP contribution in [0.5, 0.6) is 0 Å². The first-order chi connectivity index (χ1) is 29.7. The lowest BCUT2D eigenvalue weighted by Gasteiger charge is -2.18. The average molecular weight is 767 g/mol. The van der Waals surface area contributed by atoms with E-state index >= 15 is 0 Å². The third kappa shape index (κ3) is 7.42. The summed E-state index contributed by atoms with van der Waals surface area (Å²) in [5.74, 6) is 0. The Morgan fingerprint density at radius 3 is 1.08 bits per heavy atom. The molecule has 282 valence electrons. The summed E-state index contributed by atoms with van der Waals surface area (Å²) >= 11 is 0. The minimum Gasteiger partial charge on any atom is -0.264 e. The zero-order valence-corrected chi connectivity index (χ0v) is 32.7. The Hall–Kier alpha value is -8.08. The molecule has 4 heteroatoms. The Bertz CT molecular complexity index is 2690. The lowest BCUT2D eigenvalue weighted by atomic mass is 9.86. The highest BCUT2D eigenvalue weighted by atomic mass is 14.8. The maximum absolute atomic E-state index is 4.86. The number of benzene rings is 6. The van der Waals surface area contributed by atoms with Gasteiger partial charge in [0.1, 0.15) is 0 Å². The highest BCUT2D eigenvalue weighted by Crippen LogP contribution is 2.42. The van der Waals surface area contributed by atoms with Gasteiger partial charge in [0.25, 0.3) is 0 Å². The van der Waals surface area contributed by atoms with Crippen molar-refractivity contribution in [2.45, 2.75) is 0 Å². The van der Waals surface area contributed by atoms with Crippen LogP contribution in [0.3, 0.4) is 0 Å². The van der Waals surface area contributed by atoms with Crippen LogP contribution in [0.15, 0.2) is 231 Å². The molecular weight excluding hydrogens is 729 g/mol. The fraction of sp³-hybridized carbons (Fsp3) is 0. The summed E-state index contributed by atoms with van der Waals surface area (Å²) in [5, 5.41) is 0. The Morgan fingerprint density at radius 2 is 0.633 bits per heavy atom. The zero-order valence-electron chi connectivity index (χ0n) is 32.7. The number of hydrogen-bond donors (Lipinski definition) is 0. The summed E-state index contributed by atoms with van der Waals surface area (Å²) < 4.78 is 0. The quantitative estimate of drug-likeness (QED) is 0.147. The van der Waals surface area contributed by atoms with E-state index in [1.54, 1.807) is 6.20 Å². The monoisotopic (exact) mass is 766 g/mol. The Kier molecular flexibility index (Phi) is 9.92. The van der Waals surface area contributed by atoms with E-state index in [1.807, 2.05) is 67.3 Å². The molecule has 0 unspecified atom stereocenters. The van der Waals surface area contributed by atoms with Crippen LogP contribution in [-0.2, 0) is 0 Å². The van der Waals surface area contributed by atoms with Crippen LogP contribution >= 0.6 is 0 Å². The molecule has 10 aromatic rings. The van der Waals surface area contributed by atoms with Crippen LogP contribution < -0.4 is 0 Å². The van der Waals surface area contributed by atoms with Gasteiger partial charge in [-0.15, -0.1) is 0 Å². The van der Waals surface area contributed by atoms with E-state index in [2.05, 4.69) is 173 Å². The molecule has 10 rings (SSSR count). The van der Waals surface area contributed by atoms with E-state index in [0.717, 1.165) is 95.0 Å². The van der Waals surface area contributed by atoms with Gasteiger partial charge in [0, 0.05) is 42.1 Å². The Morgan fingerprint density at radius 1 is 0.217 bits per heavy atom. The molecule has 60 heavy (non-hydrogen) atoms. The highest BCUT2D eigenvalue weighted by molar-refractivity contribution is 5.94. The van der Waals surface area contributed by atoms with Crippen LogP contribution in [-0.4, -0.2) is 19.9 Å². The summed E-state index contributed by atoms with van der Waals surface area (Å²) in [5.41, 5.74) is 19.6. The number of nitrogens with zero attached hydrogens (tertiary/aromatic N) is 4. The van der Waals surface area contributed by atoms with Crippen molar-refractivity contribution in [2.75, 3.05) is 0 Å². The van der Waals surface area contributed by atoms with E-state index in [9.17, 15) is 0 Å². The molecule has 0 aliphatic carbocycles. The third-order valence-electron chi connectivity index (χ3n) is 11.0. The fourth-order valence-electron chi connectivity index (χ4n) is 8.00. The molecule has 4 aromatic heterocycles. The van der Waals surface area contributed by atoms with Crippen molar-refractivity contribution < 1.29 is 0 Å². The lowest BCUT2D eigenvalue weighted by molar-refractivity contribution is 1.25. The van der Waals surface area contributed by atoms with Crippen LogP contribution in [0.4, 0.5) is 0 Å². The molecule has 0 aliphatic rings. The number of rotatable bonds is 9. The minimum atomic E-state index is 0.843. The molecule has 0 amide bonds. The van der Waals surface area contributed by atoms with Crippen molar-refractivity contribution in [1.29, 1.82) is 0 Å². The molecule has 0 saturated heterocycles. The minimum absolute atomic E-state index is 0.843. The van der Waals surface area contributed by atoms with Crippen molar-refractivity contribution in [3.8, 4) is 101 Å². The van der Waals surface area contributed by atoms with Crippen LogP contribution in [0.1, 0.15) is 0 Å². The number of hydrogen-bond acceptors (Lipinski definition) is 4.